The standard InChI is InChI=1S/C25H46N2O5/c1-18(2)17-24(29)27(20(5)6)12-14-32-16-15-31-13-11-23(28)26-22-9-7-21(8-10-22)25(30)19(3)4/h18-22H,7-17H2,1-6H3,(H,26,28)/t21-,22+. The fourth-order valence-corrected chi connectivity index (χ4v) is 4.08. The lowest BCUT2D eigenvalue weighted by atomic mass is 9.80. The first kappa shape index (κ1) is 28.6. The maximum Gasteiger partial charge on any atom is 0.223 e. The zero-order chi connectivity index (χ0) is 24.1. The van der Waals surface area contributed by atoms with Crippen LogP contribution >= 0.6 is 0 Å². The van der Waals surface area contributed by atoms with Gasteiger partial charge in [0.15, 0.2) is 0 Å². The molecular weight excluding hydrogens is 408 g/mol. The molecular formula is C25H46N2O5. The molecule has 0 radical (unpaired) electrons. The smallest absolute Gasteiger partial charge is 0.223 e. The second-order valence-electron chi connectivity index (χ2n) is 9.93. The van der Waals surface area contributed by atoms with Crippen LogP contribution < -0.4 is 5.32 Å². The van der Waals surface area contributed by atoms with Crippen molar-refractivity contribution in [3.8, 4) is 0 Å². The van der Waals surface area contributed by atoms with Gasteiger partial charge in [0.05, 0.1) is 26.4 Å². The normalized spacial score (nSPS) is 18.9. The summed E-state index contributed by atoms with van der Waals surface area (Å²) in [5.74, 6) is 1.12. The Morgan fingerprint density at radius 1 is 0.875 bits per heavy atom. The number of hydrogen-bond acceptors (Lipinski definition) is 5. The number of rotatable bonds is 15. The van der Waals surface area contributed by atoms with E-state index in [-0.39, 0.29) is 35.7 Å². The van der Waals surface area contributed by atoms with Gasteiger partial charge in [-0.15, -0.1) is 0 Å². The maximum absolute atomic E-state index is 12.3. The Bertz CT molecular complexity index is 569. The van der Waals surface area contributed by atoms with E-state index in [1.807, 2.05) is 46.4 Å². The van der Waals surface area contributed by atoms with Gasteiger partial charge < -0.3 is 19.7 Å². The summed E-state index contributed by atoms with van der Waals surface area (Å²) in [5.41, 5.74) is 0. The van der Waals surface area contributed by atoms with Crippen LogP contribution in [0.2, 0.25) is 0 Å². The highest BCUT2D eigenvalue weighted by Crippen LogP contribution is 2.27. The quantitative estimate of drug-likeness (QED) is 0.382. The Kier molecular flexibility index (Phi) is 13.7. The van der Waals surface area contributed by atoms with Gasteiger partial charge in [0.25, 0.3) is 0 Å². The van der Waals surface area contributed by atoms with Crippen LogP contribution in [0.1, 0.15) is 80.1 Å². The van der Waals surface area contributed by atoms with E-state index in [4.69, 9.17) is 9.47 Å². The predicted octanol–water partition coefficient (Wildman–Crippen LogP) is 3.59. The molecule has 32 heavy (non-hydrogen) atoms. The van der Waals surface area contributed by atoms with Crippen LogP contribution in [0.4, 0.5) is 0 Å². The molecule has 0 spiro atoms. The topological polar surface area (TPSA) is 84.9 Å². The summed E-state index contributed by atoms with van der Waals surface area (Å²) >= 11 is 0. The van der Waals surface area contributed by atoms with Gasteiger partial charge in [-0.25, -0.2) is 0 Å². The van der Waals surface area contributed by atoms with Gasteiger partial charge in [0.2, 0.25) is 11.8 Å². The van der Waals surface area contributed by atoms with Crippen molar-refractivity contribution in [3.05, 3.63) is 0 Å². The third-order valence-electron chi connectivity index (χ3n) is 5.91. The highest BCUT2D eigenvalue weighted by atomic mass is 16.5. The van der Waals surface area contributed by atoms with E-state index in [0.29, 0.717) is 57.5 Å². The number of amides is 2. The molecule has 1 rings (SSSR count). The van der Waals surface area contributed by atoms with Gasteiger partial charge in [0, 0.05) is 43.3 Å². The van der Waals surface area contributed by atoms with Gasteiger partial charge in [-0.3, -0.25) is 14.4 Å². The molecule has 2 amide bonds. The monoisotopic (exact) mass is 454 g/mol. The molecule has 1 saturated carbocycles. The molecule has 0 unspecified atom stereocenters. The lowest BCUT2D eigenvalue weighted by molar-refractivity contribution is -0.134. The van der Waals surface area contributed by atoms with Crippen molar-refractivity contribution in [2.75, 3.05) is 33.0 Å². The minimum Gasteiger partial charge on any atom is -0.379 e. The molecule has 0 saturated heterocycles. The van der Waals surface area contributed by atoms with Crippen LogP contribution in [0.25, 0.3) is 0 Å². The van der Waals surface area contributed by atoms with Crippen molar-refractivity contribution in [1.29, 1.82) is 0 Å². The zero-order valence-corrected chi connectivity index (χ0v) is 21.2. The van der Waals surface area contributed by atoms with Crippen molar-refractivity contribution in [3.63, 3.8) is 0 Å². The largest absolute Gasteiger partial charge is 0.379 e. The molecule has 1 N–H and O–H groups in total. The predicted molar refractivity (Wildman–Crippen MR) is 126 cm³/mol. The number of Topliss-reactive ketones (excluding diaryl/α,β-unsaturated/α-hetero) is 1. The Hall–Kier alpha value is -1.47. The minimum atomic E-state index is 0.000736. The van der Waals surface area contributed by atoms with E-state index in [0.717, 1.165) is 25.7 Å². The molecule has 1 aliphatic carbocycles. The van der Waals surface area contributed by atoms with Crippen LogP contribution in [-0.4, -0.2) is 67.6 Å². The number of ketones is 1. The van der Waals surface area contributed by atoms with E-state index in [2.05, 4.69) is 5.32 Å². The van der Waals surface area contributed by atoms with Gasteiger partial charge in [-0.05, 0) is 45.4 Å². The lowest BCUT2D eigenvalue weighted by Gasteiger charge is -2.29. The van der Waals surface area contributed by atoms with Crippen molar-refractivity contribution < 1.29 is 23.9 Å². The number of carbonyl (C=O) groups excluding carboxylic acids is 3. The van der Waals surface area contributed by atoms with Crippen LogP contribution in [0, 0.1) is 17.8 Å². The van der Waals surface area contributed by atoms with Crippen molar-refractivity contribution >= 4 is 17.6 Å². The van der Waals surface area contributed by atoms with Crippen molar-refractivity contribution in [2.24, 2.45) is 17.8 Å². The Morgan fingerprint density at radius 2 is 1.47 bits per heavy atom. The Balaban J connectivity index is 2.08. The first-order valence-corrected chi connectivity index (χ1v) is 12.4. The van der Waals surface area contributed by atoms with Crippen molar-refractivity contribution in [2.45, 2.75) is 92.2 Å². The zero-order valence-electron chi connectivity index (χ0n) is 21.2. The highest BCUT2D eigenvalue weighted by molar-refractivity contribution is 5.83. The summed E-state index contributed by atoms with van der Waals surface area (Å²) in [6, 6.07) is 0.328. The first-order chi connectivity index (χ1) is 15.1. The Morgan fingerprint density at radius 3 is 2.00 bits per heavy atom. The molecule has 1 aliphatic rings. The Labute approximate surface area is 195 Å². The summed E-state index contributed by atoms with van der Waals surface area (Å²) in [7, 11) is 0. The van der Waals surface area contributed by atoms with E-state index in [1.54, 1.807) is 0 Å². The molecule has 1 fully saturated rings. The number of nitrogens with one attached hydrogen (secondary N) is 1. The van der Waals surface area contributed by atoms with Crippen molar-refractivity contribution in [1.82, 2.24) is 10.2 Å². The van der Waals surface area contributed by atoms with E-state index < -0.39 is 0 Å². The average molecular weight is 455 g/mol. The van der Waals surface area contributed by atoms with Gasteiger partial charge >= 0.3 is 0 Å². The molecule has 0 aliphatic heterocycles. The SMILES string of the molecule is CC(C)CC(=O)N(CCOCCOCCC(=O)N[C@H]1CC[C@@H](C(=O)C(C)C)CC1)C(C)C. The van der Waals surface area contributed by atoms with Gasteiger partial charge in [-0.2, -0.15) is 0 Å². The van der Waals surface area contributed by atoms with Crippen LogP contribution in [0.15, 0.2) is 0 Å². The third kappa shape index (κ3) is 11.4. The maximum atomic E-state index is 12.3. The summed E-state index contributed by atoms with van der Waals surface area (Å²) in [6.07, 6.45) is 4.37. The molecule has 0 aromatic carbocycles. The van der Waals surface area contributed by atoms with Gasteiger partial charge in [0.1, 0.15) is 5.78 Å². The molecule has 0 aromatic heterocycles. The number of hydrogen-bond donors (Lipinski definition) is 1. The number of nitrogens with zero attached hydrogens (tertiary/aromatic N) is 1. The minimum absolute atomic E-state index is 0.000736. The molecule has 0 heterocycles. The summed E-state index contributed by atoms with van der Waals surface area (Å²) in [6.45, 7) is 14.3. The average Bonchev–Trinajstić information content (AvgIpc) is 2.71. The fourth-order valence-electron chi connectivity index (χ4n) is 4.08. The molecule has 0 atom stereocenters. The van der Waals surface area contributed by atoms with E-state index in [1.165, 1.54) is 0 Å². The second-order valence-corrected chi connectivity index (χ2v) is 9.93. The van der Waals surface area contributed by atoms with Gasteiger partial charge in [-0.1, -0.05) is 27.7 Å². The third-order valence-corrected chi connectivity index (χ3v) is 5.91. The molecule has 7 nitrogen and oxygen atoms in total. The number of carbonyl (C=O) groups is 3. The van der Waals surface area contributed by atoms with Crippen LogP contribution in [-0.2, 0) is 23.9 Å². The summed E-state index contributed by atoms with van der Waals surface area (Å²) in [4.78, 5) is 38.3. The molecule has 0 aromatic rings. The summed E-state index contributed by atoms with van der Waals surface area (Å²) < 4.78 is 11.1. The lowest BCUT2D eigenvalue weighted by Crippen LogP contribution is -2.40. The van der Waals surface area contributed by atoms with E-state index in [9.17, 15) is 14.4 Å². The number of ether oxygens (including phenoxy) is 2. The second kappa shape index (κ2) is 15.4. The summed E-state index contributed by atoms with van der Waals surface area (Å²) in [5, 5.41) is 3.07. The first-order valence-electron chi connectivity index (χ1n) is 12.4. The van der Waals surface area contributed by atoms with Crippen LogP contribution in [0.5, 0.6) is 0 Å². The fraction of sp³-hybridized carbons (Fsp3) is 0.880. The van der Waals surface area contributed by atoms with Crippen LogP contribution in [0.3, 0.4) is 0 Å². The van der Waals surface area contributed by atoms with E-state index >= 15 is 0 Å². The highest BCUT2D eigenvalue weighted by Gasteiger charge is 2.28. The molecule has 7 heteroatoms. The molecule has 0 bridgehead atoms. The molecule has 186 valence electrons.